The standard InChI is InChI=1S/C30H25ClO/c1-18(2)32-28-17-22-9-4-6-13-24(22)30-26(28)15-20-11-7-10-19(20)14-25-27(31)16-21-8-3-5-12-23(21)29(25)30/h3-9,11-13,16-18H,10,14-15H2,1-2H3. The maximum absolute atomic E-state index is 7.00. The minimum atomic E-state index is 0.105. The number of hydrogen-bond donors (Lipinski definition) is 0. The molecular weight excluding hydrogens is 412 g/mol. The highest BCUT2D eigenvalue weighted by Crippen LogP contribution is 2.48. The maximum atomic E-state index is 7.00. The summed E-state index contributed by atoms with van der Waals surface area (Å²) in [5.74, 6) is 0.984. The fourth-order valence-corrected chi connectivity index (χ4v) is 5.64. The molecule has 0 unspecified atom stereocenters. The molecule has 0 heterocycles. The Morgan fingerprint density at radius 3 is 2.19 bits per heavy atom. The first-order chi connectivity index (χ1) is 15.6. The molecule has 0 fully saturated rings. The molecule has 158 valence electrons. The lowest BCUT2D eigenvalue weighted by atomic mass is 9.80. The van der Waals surface area contributed by atoms with Crippen LogP contribution in [-0.2, 0) is 12.8 Å². The lowest BCUT2D eigenvalue weighted by Crippen LogP contribution is -2.11. The van der Waals surface area contributed by atoms with Crippen LogP contribution in [0.2, 0.25) is 5.02 Å². The van der Waals surface area contributed by atoms with Gasteiger partial charge < -0.3 is 4.74 Å². The van der Waals surface area contributed by atoms with Gasteiger partial charge in [-0.25, -0.2) is 0 Å². The Labute approximate surface area is 194 Å². The van der Waals surface area contributed by atoms with Crippen LogP contribution in [0, 0.1) is 0 Å². The smallest absolute Gasteiger partial charge is 0.124 e. The van der Waals surface area contributed by atoms with Crippen molar-refractivity contribution in [2.45, 2.75) is 39.2 Å². The van der Waals surface area contributed by atoms with Crippen molar-refractivity contribution in [2.24, 2.45) is 0 Å². The first-order valence-electron chi connectivity index (χ1n) is 11.4. The Balaban J connectivity index is 1.83. The van der Waals surface area contributed by atoms with Crippen LogP contribution in [0.4, 0.5) is 0 Å². The molecule has 2 aliphatic carbocycles. The highest BCUT2D eigenvalue weighted by atomic mass is 35.5. The van der Waals surface area contributed by atoms with Gasteiger partial charge in [-0.15, -0.1) is 0 Å². The van der Waals surface area contributed by atoms with E-state index in [-0.39, 0.29) is 6.10 Å². The van der Waals surface area contributed by atoms with E-state index >= 15 is 0 Å². The highest BCUT2D eigenvalue weighted by molar-refractivity contribution is 6.33. The molecule has 0 N–H and O–H groups in total. The van der Waals surface area contributed by atoms with E-state index in [2.05, 4.69) is 86.7 Å². The van der Waals surface area contributed by atoms with Crippen molar-refractivity contribution >= 4 is 33.1 Å². The van der Waals surface area contributed by atoms with Crippen molar-refractivity contribution in [1.82, 2.24) is 0 Å². The number of ether oxygens (including phenoxy) is 1. The minimum absolute atomic E-state index is 0.105. The van der Waals surface area contributed by atoms with E-state index in [0.29, 0.717) is 0 Å². The Morgan fingerprint density at radius 2 is 1.47 bits per heavy atom. The fourth-order valence-electron chi connectivity index (χ4n) is 5.37. The predicted molar refractivity (Wildman–Crippen MR) is 136 cm³/mol. The Hall–Kier alpha value is -3.03. The highest BCUT2D eigenvalue weighted by Gasteiger charge is 2.27. The zero-order valence-corrected chi connectivity index (χ0v) is 19.2. The van der Waals surface area contributed by atoms with Gasteiger partial charge in [-0.05, 0) is 82.6 Å². The Kier molecular flexibility index (Phi) is 4.62. The summed E-state index contributed by atoms with van der Waals surface area (Å²) >= 11 is 7.00. The van der Waals surface area contributed by atoms with Crippen LogP contribution in [0.25, 0.3) is 32.7 Å². The molecule has 0 aromatic heterocycles. The van der Waals surface area contributed by atoms with Crippen molar-refractivity contribution in [3.63, 3.8) is 0 Å². The number of halogens is 1. The Morgan fingerprint density at radius 1 is 0.812 bits per heavy atom. The molecule has 6 rings (SSSR count). The molecule has 0 amide bonds. The average Bonchev–Trinajstić information content (AvgIpc) is 3.19. The topological polar surface area (TPSA) is 9.23 Å². The van der Waals surface area contributed by atoms with Gasteiger partial charge in [0.15, 0.2) is 0 Å². The molecule has 1 nitrogen and oxygen atoms in total. The van der Waals surface area contributed by atoms with Crippen molar-refractivity contribution in [2.75, 3.05) is 0 Å². The molecular formula is C30H25ClO. The van der Waals surface area contributed by atoms with E-state index in [1.54, 1.807) is 0 Å². The van der Waals surface area contributed by atoms with Crippen LogP contribution in [0.3, 0.4) is 0 Å². The summed E-state index contributed by atoms with van der Waals surface area (Å²) in [5.41, 5.74) is 7.92. The van der Waals surface area contributed by atoms with E-state index < -0.39 is 0 Å². The zero-order chi connectivity index (χ0) is 21.8. The van der Waals surface area contributed by atoms with Gasteiger partial charge in [0.1, 0.15) is 5.75 Å². The largest absolute Gasteiger partial charge is 0.491 e. The van der Waals surface area contributed by atoms with E-state index in [1.807, 2.05) is 0 Å². The van der Waals surface area contributed by atoms with Gasteiger partial charge >= 0.3 is 0 Å². The van der Waals surface area contributed by atoms with Crippen LogP contribution in [0.5, 0.6) is 5.75 Å². The van der Waals surface area contributed by atoms with Crippen LogP contribution >= 0.6 is 11.6 Å². The van der Waals surface area contributed by atoms with Gasteiger partial charge in [0.25, 0.3) is 0 Å². The lowest BCUT2D eigenvalue weighted by molar-refractivity contribution is 0.241. The summed E-state index contributed by atoms with van der Waals surface area (Å²) in [6.45, 7) is 4.20. The molecule has 2 heteroatoms. The predicted octanol–water partition coefficient (Wildman–Crippen LogP) is 8.46. The van der Waals surface area contributed by atoms with E-state index in [9.17, 15) is 0 Å². The summed E-state index contributed by atoms with van der Waals surface area (Å²) in [7, 11) is 0. The van der Waals surface area contributed by atoms with Crippen LogP contribution < -0.4 is 4.74 Å². The first-order valence-corrected chi connectivity index (χ1v) is 11.8. The van der Waals surface area contributed by atoms with E-state index in [1.165, 1.54) is 54.9 Å². The second kappa shape index (κ2) is 7.53. The summed E-state index contributed by atoms with van der Waals surface area (Å²) in [6.07, 6.45) is 7.47. The molecule has 0 atom stereocenters. The molecule has 0 aliphatic heterocycles. The maximum Gasteiger partial charge on any atom is 0.124 e. The third kappa shape index (κ3) is 3.07. The number of hydrogen-bond acceptors (Lipinski definition) is 1. The van der Waals surface area contributed by atoms with E-state index in [4.69, 9.17) is 16.3 Å². The van der Waals surface area contributed by atoms with Gasteiger partial charge in [-0.3, -0.25) is 0 Å². The van der Waals surface area contributed by atoms with Crippen molar-refractivity contribution < 1.29 is 4.74 Å². The molecule has 0 saturated carbocycles. The van der Waals surface area contributed by atoms with Crippen molar-refractivity contribution in [3.05, 3.63) is 100 Å². The summed E-state index contributed by atoms with van der Waals surface area (Å²) in [6, 6.07) is 21.7. The third-order valence-corrected chi connectivity index (χ3v) is 7.06. The van der Waals surface area contributed by atoms with Crippen molar-refractivity contribution in [3.8, 4) is 16.9 Å². The van der Waals surface area contributed by atoms with Gasteiger partial charge in [-0.2, -0.15) is 0 Å². The summed E-state index contributed by atoms with van der Waals surface area (Å²) < 4.78 is 6.44. The average molecular weight is 437 g/mol. The second-order valence-corrected chi connectivity index (χ2v) is 9.55. The number of allylic oxidation sites excluding steroid dienone is 4. The van der Waals surface area contributed by atoms with Crippen molar-refractivity contribution in [1.29, 1.82) is 0 Å². The normalized spacial score (nSPS) is 15.0. The molecule has 32 heavy (non-hydrogen) atoms. The van der Waals surface area contributed by atoms with Gasteiger partial charge in [0, 0.05) is 17.0 Å². The second-order valence-electron chi connectivity index (χ2n) is 9.14. The van der Waals surface area contributed by atoms with Gasteiger partial charge in [0.05, 0.1) is 6.10 Å². The number of rotatable bonds is 2. The molecule has 0 radical (unpaired) electrons. The summed E-state index contributed by atoms with van der Waals surface area (Å²) in [5, 5.41) is 5.76. The number of fused-ring (bicyclic) bond motifs is 7. The number of benzene rings is 4. The lowest BCUT2D eigenvalue weighted by Gasteiger charge is -2.26. The first kappa shape index (κ1) is 19.6. The molecule has 0 bridgehead atoms. The SMILES string of the molecule is CC(C)Oc1cc2ccccc2c2c1CC1=C(CC=C1)Cc1c(Cl)cc3ccccc3c1-2. The van der Waals surface area contributed by atoms with Crippen LogP contribution in [0.1, 0.15) is 31.4 Å². The third-order valence-electron chi connectivity index (χ3n) is 6.73. The monoisotopic (exact) mass is 436 g/mol. The quantitative estimate of drug-likeness (QED) is 0.306. The van der Waals surface area contributed by atoms with Crippen LogP contribution in [0.15, 0.2) is 84.0 Å². The zero-order valence-electron chi connectivity index (χ0n) is 18.4. The summed E-state index contributed by atoms with van der Waals surface area (Å²) in [4.78, 5) is 0. The molecule has 0 spiro atoms. The molecule has 0 saturated heterocycles. The van der Waals surface area contributed by atoms with Gasteiger partial charge in [-0.1, -0.05) is 77.9 Å². The fraction of sp³-hybridized carbons (Fsp3) is 0.200. The molecule has 4 aromatic carbocycles. The molecule has 2 aliphatic rings. The van der Waals surface area contributed by atoms with Crippen LogP contribution in [-0.4, -0.2) is 6.10 Å². The Bertz CT molecular complexity index is 1460. The molecule has 4 aromatic rings. The minimum Gasteiger partial charge on any atom is -0.491 e. The van der Waals surface area contributed by atoms with Gasteiger partial charge in [0.2, 0.25) is 0 Å². The van der Waals surface area contributed by atoms with E-state index in [0.717, 1.165) is 30.0 Å².